The van der Waals surface area contributed by atoms with E-state index in [1.54, 1.807) is 0 Å². The zero-order chi connectivity index (χ0) is 11.1. The lowest BCUT2D eigenvalue weighted by molar-refractivity contribution is -0.0952. The monoisotopic (exact) mass is 219 g/mol. The molecule has 1 rings (SSSR count). The summed E-state index contributed by atoms with van der Waals surface area (Å²) < 4.78 is 17.4. The molecule has 0 saturated carbocycles. The van der Waals surface area contributed by atoms with Crippen LogP contribution in [0.1, 0.15) is 26.2 Å². The van der Waals surface area contributed by atoms with Crippen molar-refractivity contribution in [2.75, 3.05) is 32.9 Å². The molecule has 0 amide bonds. The van der Waals surface area contributed by atoms with Gasteiger partial charge in [-0.1, -0.05) is 0 Å². The molecule has 0 aliphatic carbocycles. The molecule has 1 heterocycles. The number of nitrogens with zero attached hydrogens (tertiary/aromatic N) is 1. The molecule has 90 valence electrons. The molecule has 0 bridgehead atoms. The van der Waals surface area contributed by atoms with Crippen LogP contribution >= 0.6 is 0 Å². The molecule has 1 aliphatic rings. The van der Waals surface area contributed by atoms with Crippen LogP contribution in [0.15, 0.2) is 0 Å². The van der Waals surface area contributed by atoms with Crippen LogP contribution in [0.5, 0.6) is 0 Å². The summed E-state index contributed by atoms with van der Waals surface area (Å²) >= 11 is 0. The zero-order valence-corrected chi connectivity index (χ0v) is 9.49. The zero-order valence-electron chi connectivity index (χ0n) is 9.49. The van der Waals surface area contributed by atoms with E-state index in [1.807, 2.05) is 6.92 Å². The van der Waals surface area contributed by atoms with Gasteiger partial charge in [-0.2, -0.15) is 0 Å². The highest BCUT2D eigenvalue weighted by molar-refractivity contribution is 4.75. The molecule has 0 unspecified atom stereocenters. The molecule has 0 aromatic carbocycles. The van der Waals surface area contributed by atoms with E-state index in [9.17, 15) is 4.39 Å². The van der Waals surface area contributed by atoms with Gasteiger partial charge in [0.1, 0.15) is 0 Å². The largest absolute Gasteiger partial charge is 0.394 e. The lowest BCUT2D eigenvalue weighted by Gasteiger charge is -2.36. The fourth-order valence-corrected chi connectivity index (χ4v) is 2.03. The third kappa shape index (κ3) is 4.91. The summed E-state index contributed by atoms with van der Waals surface area (Å²) in [6.45, 7) is 4.62. The van der Waals surface area contributed by atoms with Crippen LogP contribution in [0.2, 0.25) is 0 Å². The minimum absolute atomic E-state index is 0.0464. The lowest BCUT2D eigenvalue weighted by atomic mass is 10.2. The molecule has 1 aliphatic heterocycles. The number of alkyl halides is 1. The Hall–Kier alpha value is -0.190. The molecule has 0 spiro atoms. The van der Waals surface area contributed by atoms with E-state index >= 15 is 0 Å². The lowest BCUT2D eigenvalue weighted by Crippen LogP contribution is -2.48. The van der Waals surface area contributed by atoms with Crippen molar-refractivity contribution in [3.05, 3.63) is 0 Å². The first-order valence-electron chi connectivity index (χ1n) is 5.81. The van der Waals surface area contributed by atoms with Crippen molar-refractivity contribution in [2.45, 2.75) is 38.4 Å². The van der Waals surface area contributed by atoms with Gasteiger partial charge >= 0.3 is 0 Å². The van der Waals surface area contributed by atoms with E-state index in [-0.39, 0.29) is 25.5 Å². The van der Waals surface area contributed by atoms with E-state index < -0.39 is 0 Å². The molecule has 1 N–H and O–H groups in total. The van der Waals surface area contributed by atoms with Gasteiger partial charge in [0, 0.05) is 13.1 Å². The predicted molar refractivity (Wildman–Crippen MR) is 57.7 cm³/mol. The van der Waals surface area contributed by atoms with Crippen molar-refractivity contribution in [3.8, 4) is 0 Å². The smallest absolute Gasteiger partial charge is 0.0936 e. The number of morpholine rings is 1. The first kappa shape index (κ1) is 12.9. The maximum Gasteiger partial charge on any atom is 0.0936 e. The van der Waals surface area contributed by atoms with Crippen molar-refractivity contribution < 1.29 is 14.2 Å². The van der Waals surface area contributed by atoms with Gasteiger partial charge < -0.3 is 9.84 Å². The van der Waals surface area contributed by atoms with Crippen molar-refractivity contribution in [3.63, 3.8) is 0 Å². The summed E-state index contributed by atoms with van der Waals surface area (Å²) in [5.74, 6) is 0. The Kier molecular flexibility index (Phi) is 6.13. The molecule has 15 heavy (non-hydrogen) atoms. The number of hydrogen-bond donors (Lipinski definition) is 1. The fraction of sp³-hybridized carbons (Fsp3) is 1.00. The van der Waals surface area contributed by atoms with E-state index in [4.69, 9.17) is 9.84 Å². The number of aliphatic hydroxyl groups excluding tert-OH is 1. The van der Waals surface area contributed by atoms with Crippen LogP contribution in [-0.2, 0) is 4.74 Å². The molecular weight excluding hydrogens is 197 g/mol. The molecule has 1 fully saturated rings. The molecule has 3 nitrogen and oxygen atoms in total. The second-order valence-corrected chi connectivity index (χ2v) is 4.26. The predicted octanol–water partition coefficient (Wildman–Crippen LogP) is 1.21. The Morgan fingerprint density at radius 3 is 2.80 bits per heavy atom. The number of hydrogen-bond acceptors (Lipinski definition) is 3. The van der Waals surface area contributed by atoms with Crippen molar-refractivity contribution in [1.82, 2.24) is 4.90 Å². The third-order valence-electron chi connectivity index (χ3n) is 2.71. The van der Waals surface area contributed by atoms with Gasteiger partial charge in [0.25, 0.3) is 0 Å². The molecule has 0 aromatic heterocycles. The molecule has 0 radical (unpaired) electrons. The second kappa shape index (κ2) is 7.14. The van der Waals surface area contributed by atoms with E-state index in [2.05, 4.69) is 4.90 Å². The summed E-state index contributed by atoms with van der Waals surface area (Å²) in [7, 11) is 0. The summed E-state index contributed by atoms with van der Waals surface area (Å²) in [4.78, 5) is 2.30. The standard InChI is InChI=1S/C11H22FNO2/c1-10-7-13(6-4-2-3-5-12)8-11(9-14)15-10/h10-11,14H,2-9H2,1H3/t10-,11-/m1/s1. The Bertz CT molecular complexity index is 169. The number of aliphatic hydroxyl groups is 1. The maximum atomic E-state index is 11.9. The Labute approximate surface area is 91.2 Å². The Morgan fingerprint density at radius 2 is 2.13 bits per heavy atom. The summed E-state index contributed by atoms with van der Waals surface area (Å²) in [6.07, 6.45) is 2.80. The maximum absolute atomic E-state index is 11.9. The number of ether oxygens (including phenoxy) is 1. The van der Waals surface area contributed by atoms with Gasteiger partial charge in [0.15, 0.2) is 0 Å². The van der Waals surface area contributed by atoms with Gasteiger partial charge in [-0.15, -0.1) is 0 Å². The van der Waals surface area contributed by atoms with Crippen LogP contribution in [0.25, 0.3) is 0 Å². The van der Waals surface area contributed by atoms with Crippen LogP contribution in [0, 0.1) is 0 Å². The van der Waals surface area contributed by atoms with Gasteiger partial charge in [-0.3, -0.25) is 9.29 Å². The molecule has 1 saturated heterocycles. The number of halogens is 1. The summed E-state index contributed by atoms with van der Waals surface area (Å²) in [6, 6.07) is 0. The highest BCUT2D eigenvalue weighted by atomic mass is 19.1. The van der Waals surface area contributed by atoms with Crippen molar-refractivity contribution >= 4 is 0 Å². The average molecular weight is 219 g/mol. The van der Waals surface area contributed by atoms with Gasteiger partial charge in [-0.05, 0) is 32.7 Å². The van der Waals surface area contributed by atoms with Crippen LogP contribution in [-0.4, -0.2) is 55.1 Å². The minimum Gasteiger partial charge on any atom is -0.394 e. The highest BCUT2D eigenvalue weighted by Crippen LogP contribution is 2.11. The quantitative estimate of drug-likeness (QED) is 0.682. The number of unbranched alkanes of at least 4 members (excludes halogenated alkanes) is 2. The minimum atomic E-state index is -0.210. The average Bonchev–Trinajstić information content (AvgIpc) is 2.23. The Morgan fingerprint density at radius 1 is 1.33 bits per heavy atom. The summed E-state index contributed by atoms with van der Waals surface area (Å²) in [5.41, 5.74) is 0. The van der Waals surface area contributed by atoms with E-state index in [1.165, 1.54) is 0 Å². The molecule has 0 aromatic rings. The Balaban J connectivity index is 2.16. The SMILES string of the molecule is C[C@@H]1CN(CCCCCF)C[C@H](CO)O1. The topological polar surface area (TPSA) is 32.7 Å². The molecular formula is C11H22FNO2. The van der Waals surface area contributed by atoms with Crippen LogP contribution in [0.3, 0.4) is 0 Å². The third-order valence-corrected chi connectivity index (χ3v) is 2.71. The van der Waals surface area contributed by atoms with Gasteiger partial charge in [0.2, 0.25) is 0 Å². The second-order valence-electron chi connectivity index (χ2n) is 4.26. The van der Waals surface area contributed by atoms with E-state index in [0.29, 0.717) is 6.42 Å². The fourth-order valence-electron chi connectivity index (χ4n) is 2.03. The van der Waals surface area contributed by atoms with Gasteiger partial charge in [-0.25, -0.2) is 0 Å². The van der Waals surface area contributed by atoms with E-state index in [0.717, 1.165) is 32.5 Å². The van der Waals surface area contributed by atoms with Crippen LogP contribution < -0.4 is 0 Å². The van der Waals surface area contributed by atoms with Gasteiger partial charge in [0.05, 0.1) is 25.5 Å². The first-order valence-corrected chi connectivity index (χ1v) is 5.81. The highest BCUT2D eigenvalue weighted by Gasteiger charge is 2.23. The van der Waals surface area contributed by atoms with Crippen molar-refractivity contribution in [2.24, 2.45) is 0 Å². The molecule has 2 atom stereocenters. The first-order chi connectivity index (χ1) is 7.26. The number of rotatable bonds is 6. The van der Waals surface area contributed by atoms with Crippen molar-refractivity contribution in [1.29, 1.82) is 0 Å². The normalized spacial score (nSPS) is 28.2. The summed E-state index contributed by atoms with van der Waals surface area (Å²) in [5, 5.41) is 9.03. The molecule has 4 heteroatoms. The van der Waals surface area contributed by atoms with Crippen LogP contribution in [0.4, 0.5) is 4.39 Å².